The Labute approximate surface area is 177 Å². The van der Waals surface area contributed by atoms with Crippen LogP contribution in [0.1, 0.15) is 36.8 Å². The van der Waals surface area contributed by atoms with Crippen LogP contribution in [-0.2, 0) is 12.4 Å². The summed E-state index contributed by atoms with van der Waals surface area (Å²) in [5.41, 5.74) is -3.87. The third kappa shape index (κ3) is 4.98. The van der Waals surface area contributed by atoms with Crippen molar-refractivity contribution in [2.24, 2.45) is 0 Å². The highest BCUT2D eigenvalue weighted by Crippen LogP contribution is 2.46. The van der Waals surface area contributed by atoms with E-state index < -0.39 is 35.2 Å². The van der Waals surface area contributed by atoms with Crippen molar-refractivity contribution in [1.82, 2.24) is 9.88 Å². The van der Waals surface area contributed by atoms with Gasteiger partial charge in [0.05, 0.1) is 17.2 Å². The predicted molar refractivity (Wildman–Crippen MR) is 104 cm³/mol. The van der Waals surface area contributed by atoms with Crippen LogP contribution < -0.4 is 0 Å². The Morgan fingerprint density at radius 2 is 1.68 bits per heavy atom. The van der Waals surface area contributed by atoms with Crippen molar-refractivity contribution in [2.75, 3.05) is 19.6 Å². The third-order valence-corrected chi connectivity index (χ3v) is 5.29. The van der Waals surface area contributed by atoms with Crippen LogP contribution in [0.25, 0.3) is 10.9 Å². The Morgan fingerprint density at radius 3 is 2.26 bits per heavy atom. The lowest BCUT2D eigenvalue weighted by atomic mass is 9.85. The van der Waals surface area contributed by atoms with Crippen molar-refractivity contribution >= 4 is 10.9 Å². The fourth-order valence-corrected chi connectivity index (χ4v) is 3.61. The van der Waals surface area contributed by atoms with Crippen LogP contribution in [0, 0.1) is 31.1 Å². The number of pyridine rings is 1. The van der Waals surface area contributed by atoms with Gasteiger partial charge in [-0.3, -0.25) is 0 Å². The van der Waals surface area contributed by atoms with E-state index in [0.717, 1.165) is 19.2 Å². The van der Waals surface area contributed by atoms with Crippen molar-refractivity contribution < 1.29 is 31.4 Å². The number of fused-ring (bicyclic) bond motifs is 1. The fourth-order valence-electron chi connectivity index (χ4n) is 3.61. The van der Waals surface area contributed by atoms with Crippen molar-refractivity contribution in [3.63, 3.8) is 0 Å². The molecule has 0 bridgehead atoms. The fraction of sp³-hybridized carbons (Fsp3) is 0.364. The van der Waals surface area contributed by atoms with Crippen LogP contribution in [0.3, 0.4) is 0 Å². The first-order valence-corrected chi connectivity index (χ1v) is 9.70. The van der Waals surface area contributed by atoms with E-state index in [9.17, 15) is 31.4 Å². The van der Waals surface area contributed by atoms with Gasteiger partial charge in [-0.15, -0.1) is 0 Å². The minimum Gasteiger partial charge on any atom is -0.388 e. The van der Waals surface area contributed by atoms with Gasteiger partial charge < -0.3 is 10.0 Å². The number of aliphatic hydroxyl groups is 1. The summed E-state index contributed by atoms with van der Waals surface area (Å²) in [6.45, 7) is 5.81. The monoisotopic (exact) mass is 443 g/mol. The average Bonchev–Trinajstić information content (AvgIpc) is 3.16. The van der Waals surface area contributed by atoms with Crippen LogP contribution in [0.4, 0.5) is 26.3 Å². The van der Waals surface area contributed by atoms with Crippen LogP contribution in [0.5, 0.6) is 0 Å². The first kappa shape index (κ1) is 23.8. The van der Waals surface area contributed by atoms with Gasteiger partial charge in [0, 0.05) is 23.8 Å². The zero-order valence-electron chi connectivity index (χ0n) is 16.8. The molecule has 1 saturated carbocycles. The predicted octanol–water partition coefficient (Wildman–Crippen LogP) is 5.42. The van der Waals surface area contributed by atoms with Gasteiger partial charge in [0.15, 0.2) is 0 Å². The lowest BCUT2D eigenvalue weighted by Crippen LogP contribution is -2.31. The molecule has 3 nitrogen and oxygen atoms in total. The van der Waals surface area contributed by atoms with E-state index in [4.69, 9.17) is 0 Å². The SMILES string of the molecule is CCN(CC)C[C]1[CH][CH][CH][C]1[C@H](O)c1cc(C(F)(F)F)nc2c(C(F)(F)F)cccc12. The zero-order chi connectivity index (χ0) is 23.0. The summed E-state index contributed by atoms with van der Waals surface area (Å²) in [7, 11) is 0. The molecule has 0 aliphatic heterocycles. The minimum absolute atomic E-state index is 0.176. The Balaban J connectivity index is 2.12. The largest absolute Gasteiger partial charge is 0.433 e. The van der Waals surface area contributed by atoms with Gasteiger partial charge in [0.2, 0.25) is 0 Å². The molecule has 1 aliphatic carbocycles. The molecule has 1 N–H and O–H groups in total. The number of rotatable bonds is 6. The van der Waals surface area contributed by atoms with E-state index in [1.165, 1.54) is 6.07 Å². The first-order chi connectivity index (χ1) is 14.5. The molecule has 9 heteroatoms. The summed E-state index contributed by atoms with van der Waals surface area (Å²) >= 11 is 0. The van der Waals surface area contributed by atoms with Crippen molar-refractivity contribution in [2.45, 2.75) is 32.3 Å². The quantitative estimate of drug-likeness (QED) is 0.606. The molecule has 1 aromatic heterocycles. The summed E-state index contributed by atoms with van der Waals surface area (Å²) in [5.74, 6) is 1.05. The highest BCUT2D eigenvalue weighted by atomic mass is 19.4. The normalized spacial score (nSPS) is 17.7. The van der Waals surface area contributed by atoms with E-state index in [1.54, 1.807) is 19.3 Å². The van der Waals surface area contributed by atoms with E-state index >= 15 is 0 Å². The average molecular weight is 443 g/mol. The zero-order valence-corrected chi connectivity index (χ0v) is 16.8. The molecule has 5 radical (unpaired) electrons. The van der Waals surface area contributed by atoms with Crippen molar-refractivity contribution in [3.8, 4) is 0 Å². The topological polar surface area (TPSA) is 36.4 Å². The minimum atomic E-state index is -4.97. The highest BCUT2D eigenvalue weighted by molar-refractivity contribution is 5.86. The van der Waals surface area contributed by atoms with E-state index in [2.05, 4.69) is 9.88 Å². The number of halogens is 6. The number of hydrogen-bond donors (Lipinski definition) is 1. The Bertz CT molecular complexity index is 907. The van der Waals surface area contributed by atoms with Crippen LogP contribution in [0.2, 0.25) is 0 Å². The van der Waals surface area contributed by atoms with Crippen LogP contribution in [-0.4, -0.2) is 34.6 Å². The summed E-state index contributed by atoms with van der Waals surface area (Å²) in [6.07, 6.45) is -6.45. The second-order valence-electron chi connectivity index (χ2n) is 7.16. The lowest BCUT2D eigenvalue weighted by molar-refractivity contribution is -0.142. The van der Waals surface area contributed by atoms with E-state index in [1.807, 2.05) is 13.8 Å². The van der Waals surface area contributed by atoms with Gasteiger partial charge in [-0.1, -0.05) is 26.0 Å². The molecule has 167 valence electrons. The van der Waals surface area contributed by atoms with Crippen molar-refractivity contribution in [1.29, 1.82) is 0 Å². The second kappa shape index (κ2) is 8.94. The number of hydrogen-bond acceptors (Lipinski definition) is 3. The number of para-hydroxylation sites is 1. The lowest BCUT2D eigenvalue weighted by Gasteiger charge is -2.29. The van der Waals surface area contributed by atoms with Gasteiger partial charge in [0.1, 0.15) is 5.69 Å². The standard InChI is InChI=1S/C22H21F6N2O/c1-3-30(4-2)12-13-7-5-8-14(13)20(31)16-11-18(22(26,27)28)29-19-15(16)9-6-10-17(19)21(23,24)25/h5-11,20,31H,3-4,12H2,1-2H3/t20-/m0/s1. The number of aromatic nitrogens is 1. The molecule has 1 aromatic carbocycles. The highest BCUT2D eigenvalue weighted by Gasteiger charge is 2.41. The molecule has 0 saturated heterocycles. The molecular formula is C22H21F6N2O. The van der Waals surface area contributed by atoms with Crippen LogP contribution in [0.15, 0.2) is 24.3 Å². The summed E-state index contributed by atoms with van der Waals surface area (Å²) in [6, 6.07) is 3.64. The number of nitrogens with zero attached hydrogens (tertiary/aromatic N) is 2. The number of alkyl halides is 6. The molecule has 0 unspecified atom stereocenters. The van der Waals surface area contributed by atoms with Gasteiger partial charge in [-0.05, 0) is 50.0 Å². The molecule has 31 heavy (non-hydrogen) atoms. The summed E-state index contributed by atoms with van der Waals surface area (Å²) < 4.78 is 80.7. The van der Waals surface area contributed by atoms with E-state index in [-0.39, 0.29) is 10.9 Å². The van der Waals surface area contributed by atoms with Crippen molar-refractivity contribution in [3.05, 3.63) is 72.2 Å². The molecular weight excluding hydrogens is 422 g/mol. The molecule has 2 aromatic rings. The maximum absolute atomic E-state index is 13.4. The smallest absolute Gasteiger partial charge is 0.388 e. The number of aliphatic hydroxyl groups excluding tert-OH is 1. The second-order valence-corrected chi connectivity index (χ2v) is 7.16. The Hall–Kier alpha value is -1.87. The maximum Gasteiger partial charge on any atom is 0.433 e. The molecule has 0 amide bonds. The molecule has 1 atom stereocenters. The number of benzene rings is 1. The summed E-state index contributed by atoms with van der Waals surface area (Å²) in [5, 5.41) is 10.8. The molecule has 1 aliphatic rings. The van der Waals surface area contributed by atoms with Gasteiger partial charge >= 0.3 is 12.4 Å². The maximum atomic E-state index is 13.4. The summed E-state index contributed by atoms with van der Waals surface area (Å²) in [4.78, 5) is 5.32. The van der Waals surface area contributed by atoms with Crippen LogP contribution >= 0.6 is 0 Å². The van der Waals surface area contributed by atoms with E-state index in [0.29, 0.717) is 30.5 Å². The Morgan fingerprint density at radius 1 is 1.00 bits per heavy atom. The molecule has 3 rings (SSSR count). The first-order valence-electron chi connectivity index (χ1n) is 9.70. The third-order valence-electron chi connectivity index (χ3n) is 5.29. The molecule has 1 heterocycles. The van der Waals surface area contributed by atoms with Gasteiger partial charge in [-0.2, -0.15) is 26.3 Å². The van der Waals surface area contributed by atoms with Gasteiger partial charge in [0.25, 0.3) is 0 Å². The Kier molecular flexibility index (Phi) is 6.86. The molecule has 1 fully saturated rings. The molecule has 0 spiro atoms. The van der Waals surface area contributed by atoms with Gasteiger partial charge in [-0.25, -0.2) is 4.98 Å².